The second-order valence-corrected chi connectivity index (χ2v) is 8.04. The largest absolute Gasteiger partial charge is 0.416 e. The normalized spacial score (nSPS) is 16.5. The number of hydrogen-bond donors (Lipinski definition) is 0. The quantitative estimate of drug-likeness (QED) is 0.412. The summed E-state index contributed by atoms with van der Waals surface area (Å²) < 4.78 is 44.2. The summed E-state index contributed by atoms with van der Waals surface area (Å²) in [6, 6.07) is 6.28. The number of halogens is 3. The Balaban J connectivity index is 1.46. The highest BCUT2D eigenvalue weighted by Crippen LogP contribution is 2.37. The number of aromatic nitrogens is 2. The molecule has 3 heterocycles. The first-order valence-corrected chi connectivity index (χ1v) is 10.3. The molecule has 2 aromatic heterocycles. The number of thiophene rings is 1. The fraction of sp³-hybridized carbons (Fsp3) is 0.368. The fourth-order valence-corrected chi connectivity index (χ4v) is 4.18. The van der Waals surface area contributed by atoms with Crippen LogP contribution in [0.25, 0.3) is 10.7 Å². The van der Waals surface area contributed by atoms with Crippen molar-refractivity contribution in [2.45, 2.75) is 19.1 Å². The topological polar surface area (TPSA) is 88.5 Å². The van der Waals surface area contributed by atoms with Crippen molar-refractivity contribution in [3.05, 3.63) is 57.3 Å². The number of benzene rings is 1. The van der Waals surface area contributed by atoms with Crippen LogP contribution in [-0.2, 0) is 6.18 Å². The zero-order chi connectivity index (χ0) is 22.2. The van der Waals surface area contributed by atoms with Crippen molar-refractivity contribution in [1.82, 2.24) is 15.0 Å². The van der Waals surface area contributed by atoms with Gasteiger partial charge in [0.2, 0.25) is 11.7 Å². The number of anilines is 1. The molecule has 0 spiro atoms. The van der Waals surface area contributed by atoms with Crippen LogP contribution in [0, 0.1) is 10.1 Å². The zero-order valence-corrected chi connectivity index (χ0v) is 17.2. The predicted octanol–water partition coefficient (Wildman–Crippen LogP) is 4.61. The first-order chi connectivity index (χ1) is 14.7. The van der Waals surface area contributed by atoms with Gasteiger partial charge < -0.3 is 9.42 Å². The molecule has 0 bridgehead atoms. The average molecular weight is 453 g/mol. The van der Waals surface area contributed by atoms with Gasteiger partial charge in [-0.05, 0) is 30.5 Å². The molecule has 1 unspecified atom stereocenters. The molecule has 1 aliphatic heterocycles. The molecule has 1 aromatic carbocycles. The minimum Gasteiger partial charge on any atom is -0.363 e. The van der Waals surface area contributed by atoms with Crippen LogP contribution >= 0.6 is 11.3 Å². The smallest absolute Gasteiger partial charge is 0.363 e. The van der Waals surface area contributed by atoms with Gasteiger partial charge in [-0.2, -0.15) is 18.2 Å². The van der Waals surface area contributed by atoms with Gasteiger partial charge in [-0.15, -0.1) is 11.3 Å². The highest BCUT2D eigenvalue weighted by molar-refractivity contribution is 7.13. The Morgan fingerprint density at radius 2 is 1.97 bits per heavy atom. The van der Waals surface area contributed by atoms with E-state index < -0.39 is 22.4 Å². The summed E-state index contributed by atoms with van der Waals surface area (Å²) in [5, 5.41) is 17.3. The summed E-state index contributed by atoms with van der Waals surface area (Å²) in [6.07, 6.45) is -4.64. The molecule has 1 aliphatic rings. The molecule has 0 aliphatic carbocycles. The molecule has 164 valence electrons. The summed E-state index contributed by atoms with van der Waals surface area (Å²) >= 11 is 1.51. The molecule has 8 nitrogen and oxygen atoms in total. The molecule has 1 saturated heterocycles. The van der Waals surface area contributed by atoms with E-state index in [1.165, 1.54) is 17.4 Å². The third-order valence-electron chi connectivity index (χ3n) is 5.24. The first kappa shape index (κ1) is 21.2. The van der Waals surface area contributed by atoms with Gasteiger partial charge in [0.1, 0.15) is 5.69 Å². The molecule has 12 heteroatoms. The van der Waals surface area contributed by atoms with Crippen LogP contribution in [0.15, 0.2) is 40.2 Å². The number of hydrogen-bond acceptors (Lipinski definition) is 8. The number of nitro groups is 1. The van der Waals surface area contributed by atoms with Crippen LogP contribution in [0.3, 0.4) is 0 Å². The molecular formula is C19H18F3N5O3S. The third-order valence-corrected chi connectivity index (χ3v) is 6.11. The number of rotatable bonds is 5. The second kappa shape index (κ2) is 8.27. The minimum atomic E-state index is -4.64. The van der Waals surface area contributed by atoms with Crippen molar-refractivity contribution in [3.63, 3.8) is 0 Å². The summed E-state index contributed by atoms with van der Waals surface area (Å²) in [7, 11) is 0. The SMILES string of the molecule is CC(c1nc(-c2cccs2)no1)N1CCN(c2ccc(C(F)(F)F)cc2[N+](=O)[O-])CC1. The summed E-state index contributed by atoms with van der Waals surface area (Å²) in [4.78, 5) is 19.8. The van der Waals surface area contributed by atoms with Crippen molar-refractivity contribution >= 4 is 22.7 Å². The lowest BCUT2D eigenvalue weighted by Gasteiger charge is -2.37. The number of piperazine rings is 1. The van der Waals surface area contributed by atoms with Crippen LogP contribution in [-0.4, -0.2) is 46.1 Å². The van der Waals surface area contributed by atoms with Crippen LogP contribution < -0.4 is 4.90 Å². The minimum absolute atomic E-state index is 0.161. The molecule has 0 amide bonds. The fourth-order valence-electron chi connectivity index (χ4n) is 3.53. The molecule has 0 saturated carbocycles. The first-order valence-electron chi connectivity index (χ1n) is 9.46. The molecule has 1 fully saturated rings. The van der Waals surface area contributed by atoms with Gasteiger partial charge in [0.25, 0.3) is 5.69 Å². The van der Waals surface area contributed by atoms with E-state index in [2.05, 4.69) is 15.0 Å². The van der Waals surface area contributed by atoms with Crippen molar-refractivity contribution in [1.29, 1.82) is 0 Å². The van der Waals surface area contributed by atoms with Crippen molar-refractivity contribution in [2.75, 3.05) is 31.1 Å². The van der Waals surface area contributed by atoms with Gasteiger partial charge in [-0.1, -0.05) is 11.2 Å². The molecule has 4 rings (SSSR count). The van der Waals surface area contributed by atoms with Crippen molar-refractivity contribution in [2.24, 2.45) is 0 Å². The number of nitro benzene ring substituents is 1. The molecule has 1 atom stereocenters. The van der Waals surface area contributed by atoms with Gasteiger partial charge in [-0.25, -0.2) is 0 Å². The van der Waals surface area contributed by atoms with E-state index in [1.54, 1.807) is 4.90 Å². The Bertz CT molecular complexity index is 1060. The standard InChI is InChI=1S/C19H18F3N5O3S/c1-12(18-23-17(24-30-18)16-3-2-10-31-16)25-6-8-26(9-7-25)14-5-4-13(19(20,21)22)11-15(14)27(28)29/h2-5,10-12H,6-9H2,1H3. The van der Waals surface area contributed by atoms with E-state index in [0.717, 1.165) is 10.9 Å². The lowest BCUT2D eigenvalue weighted by atomic mass is 10.1. The maximum absolute atomic E-state index is 12.9. The Kier molecular flexibility index (Phi) is 5.67. The van der Waals surface area contributed by atoms with Crippen LogP contribution in [0.1, 0.15) is 24.4 Å². The van der Waals surface area contributed by atoms with Gasteiger partial charge in [-0.3, -0.25) is 15.0 Å². The van der Waals surface area contributed by atoms with E-state index in [4.69, 9.17) is 4.52 Å². The average Bonchev–Trinajstić information content (AvgIpc) is 3.44. The Hall–Kier alpha value is -2.99. The van der Waals surface area contributed by atoms with Gasteiger partial charge in [0.05, 0.1) is 21.4 Å². The lowest BCUT2D eigenvalue weighted by Crippen LogP contribution is -2.47. The van der Waals surface area contributed by atoms with Crippen LogP contribution in [0.2, 0.25) is 0 Å². The van der Waals surface area contributed by atoms with E-state index >= 15 is 0 Å². The molecule has 3 aromatic rings. The third kappa shape index (κ3) is 4.39. The Morgan fingerprint density at radius 3 is 2.58 bits per heavy atom. The van der Waals surface area contributed by atoms with Crippen LogP contribution in [0.5, 0.6) is 0 Å². The maximum Gasteiger partial charge on any atom is 0.416 e. The monoisotopic (exact) mass is 453 g/mol. The highest BCUT2D eigenvalue weighted by Gasteiger charge is 2.34. The van der Waals surface area contributed by atoms with E-state index in [-0.39, 0.29) is 11.7 Å². The van der Waals surface area contributed by atoms with Gasteiger partial charge in [0.15, 0.2) is 0 Å². The Labute approximate surface area is 179 Å². The van der Waals surface area contributed by atoms with Crippen LogP contribution in [0.4, 0.5) is 24.5 Å². The highest BCUT2D eigenvalue weighted by atomic mass is 32.1. The van der Waals surface area contributed by atoms with E-state index in [1.807, 2.05) is 24.4 Å². The van der Waals surface area contributed by atoms with E-state index in [0.29, 0.717) is 44.0 Å². The van der Waals surface area contributed by atoms with Gasteiger partial charge in [0, 0.05) is 32.2 Å². The second-order valence-electron chi connectivity index (χ2n) is 7.09. The van der Waals surface area contributed by atoms with Crippen molar-refractivity contribution < 1.29 is 22.6 Å². The Morgan fingerprint density at radius 1 is 1.23 bits per heavy atom. The summed E-state index contributed by atoms with van der Waals surface area (Å²) in [5.74, 6) is 0.994. The van der Waals surface area contributed by atoms with Crippen molar-refractivity contribution in [3.8, 4) is 10.7 Å². The summed E-state index contributed by atoms with van der Waals surface area (Å²) in [5.41, 5.74) is -1.40. The molecule has 0 N–H and O–H groups in total. The molecule has 0 radical (unpaired) electrons. The predicted molar refractivity (Wildman–Crippen MR) is 108 cm³/mol. The summed E-state index contributed by atoms with van der Waals surface area (Å²) in [6.45, 7) is 3.85. The molecular weight excluding hydrogens is 435 g/mol. The van der Waals surface area contributed by atoms with Gasteiger partial charge >= 0.3 is 6.18 Å². The zero-order valence-electron chi connectivity index (χ0n) is 16.4. The number of nitrogens with zero attached hydrogens (tertiary/aromatic N) is 5. The number of alkyl halides is 3. The molecule has 31 heavy (non-hydrogen) atoms. The maximum atomic E-state index is 12.9. The lowest BCUT2D eigenvalue weighted by molar-refractivity contribution is -0.384. The van der Waals surface area contributed by atoms with E-state index in [9.17, 15) is 23.3 Å².